The van der Waals surface area contributed by atoms with E-state index in [1.807, 2.05) is 0 Å². The van der Waals surface area contributed by atoms with Gasteiger partial charge in [0.2, 0.25) is 0 Å². The van der Waals surface area contributed by atoms with Crippen LogP contribution in [0.15, 0.2) is 0 Å². The maximum Gasteiger partial charge on any atom is 0.0111 e. The van der Waals surface area contributed by atoms with Crippen LogP contribution in [0.2, 0.25) is 0 Å². The molecule has 3 heteroatoms. The molecule has 0 saturated carbocycles. The van der Waals surface area contributed by atoms with Crippen molar-refractivity contribution < 1.29 is 0 Å². The molecule has 2 saturated heterocycles. The zero-order valence-corrected chi connectivity index (χ0v) is 11.4. The number of rotatable bonds is 5. The van der Waals surface area contributed by atoms with Crippen molar-refractivity contribution >= 4 is 11.8 Å². The van der Waals surface area contributed by atoms with Crippen molar-refractivity contribution in [2.45, 2.75) is 38.6 Å². The fourth-order valence-electron chi connectivity index (χ4n) is 2.89. The van der Waals surface area contributed by atoms with Gasteiger partial charge in [-0.25, -0.2) is 0 Å². The predicted octanol–water partition coefficient (Wildman–Crippen LogP) is 2.20. The molecule has 2 aliphatic rings. The zero-order valence-electron chi connectivity index (χ0n) is 10.6. The van der Waals surface area contributed by atoms with E-state index in [1.165, 1.54) is 63.4 Å². The van der Waals surface area contributed by atoms with Gasteiger partial charge in [-0.1, -0.05) is 6.92 Å². The van der Waals surface area contributed by atoms with Gasteiger partial charge in [0.15, 0.2) is 0 Å². The van der Waals surface area contributed by atoms with Crippen LogP contribution in [0.25, 0.3) is 0 Å². The smallest absolute Gasteiger partial charge is 0.0111 e. The predicted molar refractivity (Wildman–Crippen MR) is 73.2 cm³/mol. The Morgan fingerprint density at radius 2 is 2.06 bits per heavy atom. The van der Waals surface area contributed by atoms with Crippen LogP contribution in [0.3, 0.4) is 0 Å². The normalized spacial score (nSPS) is 28.7. The topological polar surface area (TPSA) is 15.3 Å². The molecule has 1 unspecified atom stereocenters. The molecule has 2 nitrogen and oxygen atoms in total. The van der Waals surface area contributed by atoms with Crippen molar-refractivity contribution in [3.8, 4) is 0 Å². The van der Waals surface area contributed by atoms with E-state index >= 15 is 0 Å². The van der Waals surface area contributed by atoms with Crippen molar-refractivity contribution in [1.82, 2.24) is 10.2 Å². The lowest BCUT2D eigenvalue weighted by Crippen LogP contribution is -2.37. The van der Waals surface area contributed by atoms with Crippen LogP contribution >= 0.6 is 11.8 Å². The van der Waals surface area contributed by atoms with Gasteiger partial charge in [-0.2, -0.15) is 11.8 Å². The van der Waals surface area contributed by atoms with E-state index < -0.39 is 0 Å². The summed E-state index contributed by atoms with van der Waals surface area (Å²) in [5, 5.41) is 3.57. The SMILES string of the molecule is CCCNCC1CCN(C2CCSCC2)C1. The molecule has 2 aliphatic heterocycles. The average molecular weight is 242 g/mol. The summed E-state index contributed by atoms with van der Waals surface area (Å²) in [5.41, 5.74) is 0. The number of nitrogens with one attached hydrogen (secondary N) is 1. The highest BCUT2D eigenvalue weighted by molar-refractivity contribution is 7.99. The van der Waals surface area contributed by atoms with Gasteiger partial charge < -0.3 is 5.32 Å². The first-order valence-electron chi connectivity index (χ1n) is 6.92. The van der Waals surface area contributed by atoms with Crippen molar-refractivity contribution in [3.63, 3.8) is 0 Å². The Morgan fingerprint density at radius 1 is 1.25 bits per heavy atom. The summed E-state index contributed by atoms with van der Waals surface area (Å²) in [4.78, 5) is 2.76. The molecule has 0 aromatic carbocycles. The maximum atomic E-state index is 3.57. The standard InChI is InChI=1S/C13H26N2S/c1-2-6-14-10-12-3-7-15(11-12)13-4-8-16-9-5-13/h12-14H,2-11H2,1H3. The molecular formula is C13H26N2S. The van der Waals surface area contributed by atoms with E-state index in [-0.39, 0.29) is 0 Å². The lowest BCUT2D eigenvalue weighted by molar-refractivity contribution is 0.221. The summed E-state index contributed by atoms with van der Waals surface area (Å²) in [6, 6.07) is 0.914. The van der Waals surface area contributed by atoms with Gasteiger partial charge in [-0.3, -0.25) is 4.90 Å². The Hall–Kier alpha value is 0.270. The molecule has 0 aromatic rings. The Kier molecular flexibility index (Phi) is 5.46. The summed E-state index contributed by atoms with van der Waals surface area (Å²) in [6.07, 6.45) is 5.54. The maximum absolute atomic E-state index is 3.57. The van der Waals surface area contributed by atoms with Crippen molar-refractivity contribution in [2.75, 3.05) is 37.7 Å². The van der Waals surface area contributed by atoms with Gasteiger partial charge in [0, 0.05) is 12.6 Å². The Labute approximate surface area is 105 Å². The van der Waals surface area contributed by atoms with Crippen LogP contribution in [0.5, 0.6) is 0 Å². The van der Waals surface area contributed by atoms with Crippen LogP contribution in [0.1, 0.15) is 32.6 Å². The molecule has 94 valence electrons. The van der Waals surface area contributed by atoms with Crippen LogP contribution in [-0.2, 0) is 0 Å². The van der Waals surface area contributed by atoms with E-state index in [0.717, 1.165) is 12.0 Å². The number of thioether (sulfide) groups is 1. The van der Waals surface area contributed by atoms with Gasteiger partial charge in [-0.05, 0) is 62.7 Å². The molecule has 16 heavy (non-hydrogen) atoms. The summed E-state index contributed by atoms with van der Waals surface area (Å²) in [7, 11) is 0. The fourth-order valence-corrected chi connectivity index (χ4v) is 3.98. The molecule has 0 amide bonds. The minimum Gasteiger partial charge on any atom is -0.316 e. The molecule has 2 fully saturated rings. The summed E-state index contributed by atoms with van der Waals surface area (Å²) < 4.78 is 0. The highest BCUT2D eigenvalue weighted by Gasteiger charge is 2.28. The average Bonchev–Trinajstić information content (AvgIpc) is 2.79. The number of hydrogen-bond acceptors (Lipinski definition) is 3. The second-order valence-electron chi connectivity index (χ2n) is 5.20. The van der Waals surface area contributed by atoms with E-state index in [2.05, 4.69) is 28.9 Å². The molecule has 0 aromatic heterocycles. The van der Waals surface area contributed by atoms with Gasteiger partial charge in [0.05, 0.1) is 0 Å². The first-order chi connectivity index (χ1) is 7.90. The van der Waals surface area contributed by atoms with Gasteiger partial charge in [-0.15, -0.1) is 0 Å². The minimum absolute atomic E-state index is 0.914. The fraction of sp³-hybridized carbons (Fsp3) is 1.00. The van der Waals surface area contributed by atoms with Crippen LogP contribution in [-0.4, -0.2) is 48.6 Å². The molecule has 0 spiro atoms. The van der Waals surface area contributed by atoms with E-state index in [9.17, 15) is 0 Å². The second kappa shape index (κ2) is 6.87. The Bertz CT molecular complexity index is 192. The van der Waals surface area contributed by atoms with E-state index in [0.29, 0.717) is 0 Å². The van der Waals surface area contributed by atoms with Gasteiger partial charge in [0.25, 0.3) is 0 Å². The molecule has 0 bridgehead atoms. The lowest BCUT2D eigenvalue weighted by atomic mass is 10.1. The highest BCUT2D eigenvalue weighted by Crippen LogP contribution is 2.26. The molecule has 1 atom stereocenters. The van der Waals surface area contributed by atoms with E-state index in [1.54, 1.807) is 0 Å². The molecule has 0 aliphatic carbocycles. The van der Waals surface area contributed by atoms with Crippen LogP contribution in [0.4, 0.5) is 0 Å². The first kappa shape index (κ1) is 12.7. The molecule has 2 rings (SSSR count). The van der Waals surface area contributed by atoms with Crippen molar-refractivity contribution in [3.05, 3.63) is 0 Å². The molecule has 1 N–H and O–H groups in total. The summed E-state index contributed by atoms with van der Waals surface area (Å²) in [5.74, 6) is 3.70. The zero-order chi connectivity index (χ0) is 11.2. The van der Waals surface area contributed by atoms with E-state index in [4.69, 9.17) is 0 Å². The van der Waals surface area contributed by atoms with Gasteiger partial charge >= 0.3 is 0 Å². The Morgan fingerprint density at radius 3 is 2.81 bits per heavy atom. The summed E-state index contributed by atoms with van der Waals surface area (Å²) >= 11 is 2.14. The number of hydrogen-bond donors (Lipinski definition) is 1. The lowest BCUT2D eigenvalue weighted by Gasteiger charge is -2.30. The number of likely N-dealkylation sites (tertiary alicyclic amines) is 1. The minimum atomic E-state index is 0.914. The first-order valence-corrected chi connectivity index (χ1v) is 8.08. The quantitative estimate of drug-likeness (QED) is 0.744. The third-order valence-electron chi connectivity index (χ3n) is 3.88. The van der Waals surface area contributed by atoms with Gasteiger partial charge in [0.1, 0.15) is 0 Å². The highest BCUT2D eigenvalue weighted by atomic mass is 32.2. The van der Waals surface area contributed by atoms with Crippen LogP contribution < -0.4 is 5.32 Å². The molecule has 2 heterocycles. The van der Waals surface area contributed by atoms with Crippen molar-refractivity contribution in [2.24, 2.45) is 5.92 Å². The van der Waals surface area contributed by atoms with Crippen LogP contribution in [0, 0.1) is 5.92 Å². The largest absolute Gasteiger partial charge is 0.316 e. The summed E-state index contributed by atoms with van der Waals surface area (Å²) in [6.45, 7) is 7.38. The Balaban J connectivity index is 1.66. The van der Waals surface area contributed by atoms with Crippen molar-refractivity contribution in [1.29, 1.82) is 0 Å². The monoisotopic (exact) mass is 242 g/mol. The molecular weight excluding hydrogens is 216 g/mol. The third kappa shape index (κ3) is 3.64. The molecule has 0 radical (unpaired) electrons. The second-order valence-corrected chi connectivity index (χ2v) is 6.42. The third-order valence-corrected chi connectivity index (χ3v) is 4.93. The number of nitrogens with zero attached hydrogens (tertiary/aromatic N) is 1.